The molecule has 0 amide bonds. The lowest BCUT2D eigenvalue weighted by atomic mass is 10.0. The molecule has 11 nitrogen and oxygen atoms in total. The molecule has 1 atom stereocenters. The van der Waals surface area contributed by atoms with Crippen LogP contribution in [0, 0.1) is 0 Å². The molecule has 0 aromatic heterocycles. The molecule has 0 N–H and O–H groups in total. The molecular formula is C38H76O11. The van der Waals surface area contributed by atoms with Crippen LogP contribution in [0.1, 0.15) is 110 Å². The maximum atomic E-state index is 5.68. The van der Waals surface area contributed by atoms with Gasteiger partial charge in [-0.15, -0.1) is 0 Å². The molecule has 0 bridgehead atoms. The highest BCUT2D eigenvalue weighted by Crippen LogP contribution is 2.14. The Hall–Kier alpha value is -0.440. The van der Waals surface area contributed by atoms with Crippen molar-refractivity contribution in [2.45, 2.75) is 116 Å². The molecule has 49 heavy (non-hydrogen) atoms. The normalized spacial score (nSPS) is 15.0. The number of unbranched alkanes of at least 4 members (excludes halogenated alkanes) is 12. The molecule has 1 aliphatic rings. The number of ether oxygens (including phenoxy) is 11. The largest absolute Gasteiger partial charge is 0.379 e. The van der Waals surface area contributed by atoms with E-state index < -0.39 is 0 Å². The SMILES string of the molecule is CCCCCCCCCCCCCCCOCCOCCOCCOCCOCCOCCOCCOCCOCCOC1CCCCO1. The zero-order chi connectivity index (χ0) is 34.8. The van der Waals surface area contributed by atoms with Crippen LogP contribution in [0.3, 0.4) is 0 Å². The minimum absolute atomic E-state index is 0.0605. The van der Waals surface area contributed by atoms with Crippen LogP contribution < -0.4 is 0 Å². The van der Waals surface area contributed by atoms with E-state index in [4.69, 9.17) is 52.1 Å². The second-order valence-electron chi connectivity index (χ2n) is 12.4. The first-order valence-corrected chi connectivity index (χ1v) is 19.9. The van der Waals surface area contributed by atoms with E-state index in [1.807, 2.05) is 0 Å². The summed E-state index contributed by atoms with van der Waals surface area (Å²) >= 11 is 0. The van der Waals surface area contributed by atoms with E-state index in [-0.39, 0.29) is 6.29 Å². The molecule has 0 saturated carbocycles. The molecule has 1 fully saturated rings. The fraction of sp³-hybridized carbons (Fsp3) is 1.00. The summed E-state index contributed by atoms with van der Waals surface area (Å²) in [5, 5.41) is 0. The summed E-state index contributed by atoms with van der Waals surface area (Å²) in [4.78, 5) is 0. The van der Waals surface area contributed by atoms with E-state index >= 15 is 0 Å². The Morgan fingerprint density at radius 3 is 0.980 bits per heavy atom. The Bertz CT molecular complexity index is 596. The molecule has 11 heteroatoms. The van der Waals surface area contributed by atoms with Gasteiger partial charge in [0.25, 0.3) is 0 Å². The van der Waals surface area contributed by atoms with Crippen LogP contribution in [0.25, 0.3) is 0 Å². The third-order valence-corrected chi connectivity index (χ3v) is 8.04. The highest BCUT2D eigenvalue weighted by Gasteiger charge is 2.13. The summed E-state index contributed by atoms with van der Waals surface area (Å²) in [6.45, 7) is 13.9. The summed E-state index contributed by atoms with van der Waals surface area (Å²) in [6, 6.07) is 0. The maximum absolute atomic E-state index is 5.68. The van der Waals surface area contributed by atoms with Crippen molar-refractivity contribution in [2.75, 3.05) is 132 Å². The topological polar surface area (TPSA) is 102 Å². The van der Waals surface area contributed by atoms with Gasteiger partial charge in [0.1, 0.15) is 0 Å². The van der Waals surface area contributed by atoms with E-state index in [0.717, 1.165) is 32.5 Å². The predicted octanol–water partition coefficient (Wildman–Crippen LogP) is 6.77. The van der Waals surface area contributed by atoms with Crippen LogP contribution in [-0.4, -0.2) is 138 Å². The Kier molecular flexibility index (Phi) is 39.9. The van der Waals surface area contributed by atoms with Gasteiger partial charge in [0, 0.05) is 13.2 Å². The quantitative estimate of drug-likeness (QED) is 0.0628. The summed E-state index contributed by atoms with van der Waals surface area (Å²) in [5.74, 6) is 0. The Morgan fingerprint density at radius 2 is 0.653 bits per heavy atom. The average Bonchev–Trinajstić information content (AvgIpc) is 3.12. The molecular weight excluding hydrogens is 632 g/mol. The lowest BCUT2D eigenvalue weighted by Crippen LogP contribution is -2.24. The molecule has 0 spiro atoms. The van der Waals surface area contributed by atoms with Crippen molar-refractivity contribution >= 4 is 0 Å². The second kappa shape index (κ2) is 42.0. The number of hydrogen-bond donors (Lipinski definition) is 0. The molecule has 0 aromatic carbocycles. The first-order chi connectivity index (χ1) is 24.4. The molecule has 0 aliphatic carbocycles. The molecule has 1 aliphatic heterocycles. The van der Waals surface area contributed by atoms with E-state index in [0.29, 0.717) is 119 Å². The fourth-order valence-corrected chi connectivity index (χ4v) is 5.16. The van der Waals surface area contributed by atoms with Crippen LogP contribution in [0.4, 0.5) is 0 Å². The van der Waals surface area contributed by atoms with Gasteiger partial charge in [-0.2, -0.15) is 0 Å². The van der Waals surface area contributed by atoms with Gasteiger partial charge in [-0.1, -0.05) is 84.0 Å². The summed E-state index contributed by atoms with van der Waals surface area (Å²) in [5.41, 5.74) is 0. The maximum Gasteiger partial charge on any atom is 0.157 e. The van der Waals surface area contributed by atoms with Crippen molar-refractivity contribution < 1.29 is 52.1 Å². The van der Waals surface area contributed by atoms with Crippen LogP contribution in [0.15, 0.2) is 0 Å². The molecule has 1 unspecified atom stereocenters. The second-order valence-corrected chi connectivity index (χ2v) is 12.4. The lowest BCUT2D eigenvalue weighted by Gasteiger charge is -2.22. The van der Waals surface area contributed by atoms with E-state index in [9.17, 15) is 0 Å². The molecule has 294 valence electrons. The van der Waals surface area contributed by atoms with Crippen molar-refractivity contribution in [2.24, 2.45) is 0 Å². The first kappa shape index (κ1) is 46.6. The van der Waals surface area contributed by atoms with Crippen LogP contribution in [0.5, 0.6) is 0 Å². The Balaban J connectivity index is 1.59. The average molecular weight is 709 g/mol. The summed E-state index contributed by atoms with van der Waals surface area (Å²) in [6.07, 6.45) is 21.0. The van der Waals surface area contributed by atoms with Crippen molar-refractivity contribution in [1.29, 1.82) is 0 Å². The van der Waals surface area contributed by atoms with Gasteiger partial charge in [0.2, 0.25) is 0 Å². The van der Waals surface area contributed by atoms with Gasteiger partial charge in [-0.05, 0) is 25.7 Å². The van der Waals surface area contributed by atoms with Crippen LogP contribution >= 0.6 is 0 Å². The van der Waals surface area contributed by atoms with Crippen molar-refractivity contribution in [3.05, 3.63) is 0 Å². The van der Waals surface area contributed by atoms with Gasteiger partial charge >= 0.3 is 0 Å². The molecule has 1 heterocycles. The van der Waals surface area contributed by atoms with Crippen molar-refractivity contribution in [3.8, 4) is 0 Å². The Labute approximate surface area is 299 Å². The van der Waals surface area contributed by atoms with Gasteiger partial charge in [-0.25, -0.2) is 0 Å². The van der Waals surface area contributed by atoms with E-state index in [1.54, 1.807) is 0 Å². The molecule has 0 aromatic rings. The van der Waals surface area contributed by atoms with Gasteiger partial charge in [-0.3, -0.25) is 0 Å². The van der Waals surface area contributed by atoms with Crippen molar-refractivity contribution in [3.63, 3.8) is 0 Å². The van der Waals surface area contributed by atoms with Gasteiger partial charge in [0.15, 0.2) is 6.29 Å². The lowest BCUT2D eigenvalue weighted by molar-refractivity contribution is -0.169. The smallest absolute Gasteiger partial charge is 0.157 e. The third kappa shape index (κ3) is 38.6. The zero-order valence-electron chi connectivity index (χ0n) is 31.5. The summed E-state index contributed by atoms with van der Waals surface area (Å²) in [7, 11) is 0. The van der Waals surface area contributed by atoms with Crippen molar-refractivity contribution in [1.82, 2.24) is 0 Å². The standard InChI is InChI=1S/C38H76O11/c1-2-3-4-5-6-7-8-9-10-11-12-13-15-18-39-20-21-40-22-23-41-24-25-42-26-27-43-28-29-44-30-31-45-32-33-46-34-35-47-36-37-49-38-17-14-16-19-48-38/h38H,2-37H2,1H3. The van der Waals surface area contributed by atoms with Gasteiger partial charge < -0.3 is 52.1 Å². The predicted molar refractivity (Wildman–Crippen MR) is 193 cm³/mol. The minimum atomic E-state index is -0.0605. The van der Waals surface area contributed by atoms with Crippen LogP contribution in [-0.2, 0) is 52.1 Å². The number of rotatable bonds is 42. The molecule has 1 rings (SSSR count). The monoisotopic (exact) mass is 709 g/mol. The third-order valence-electron chi connectivity index (χ3n) is 8.04. The molecule has 1 saturated heterocycles. The van der Waals surface area contributed by atoms with E-state index in [2.05, 4.69) is 6.92 Å². The minimum Gasteiger partial charge on any atom is -0.379 e. The highest BCUT2D eigenvalue weighted by molar-refractivity contribution is 4.54. The van der Waals surface area contributed by atoms with E-state index in [1.165, 1.54) is 83.5 Å². The van der Waals surface area contributed by atoms with Crippen LogP contribution in [0.2, 0.25) is 0 Å². The Morgan fingerprint density at radius 1 is 0.347 bits per heavy atom. The number of hydrogen-bond acceptors (Lipinski definition) is 11. The molecule has 0 radical (unpaired) electrons. The highest BCUT2D eigenvalue weighted by atomic mass is 16.7. The fourth-order valence-electron chi connectivity index (χ4n) is 5.16. The zero-order valence-corrected chi connectivity index (χ0v) is 31.5. The first-order valence-electron chi connectivity index (χ1n) is 19.9. The van der Waals surface area contributed by atoms with Gasteiger partial charge in [0.05, 0.1) is 119 Å². The summed E-state index contributed by atoms with van der Waals surface area (Å²) < 4.78 is 60.9.